The van der Waals surface area contributed by atoms with E-state index in [0.29, 0.717) is 31.6 Å². The lowest BCUT2D eigenvalue weighted by molar-refractivity contribution is -0.308. The molecule has 6 fully saturated rings. The molecule has 0 radical (unpaired) electrons. The van der Waals surface area contributed by atoms with Crippen molar-refractivity contribution in [3.8, 4) is 0 Å². The average Bonchev–Trinajstić information content (AvgIpc) is 3.11. The number of rotatable bonds is 5. The molecule has 0 bridgehead atoms. The molecule has 2 saturated heterocycles. The number of aliphatic hydroxyl groups excluding tert-OH is 7. The molecule has 54 heavy (non-hydrogen) atoms. The number of hydrogen-bond donors (Lipinski definition) is 8. The highest BCUT2D eigenvalue weighted by Crippen LogP contribution is 2.76. The fourth-order valence-electron chi connectivity index (χ4n) is 13.5. The first kappa shape index (κ1) is 40.9. The number of carbonyl (C=O) groups excluding carboxylic acids is 1. The monoisotopic (exact) mass is 766 g/mol. The van der Waals surface area contributed by atoms with Crippen LogP contribution >= 0.6 is 0 Å². The zero-order valence-electron chi connectivity index (χ0n) is 33.1. The Morgan fingerprint density at radius 3 is 2.19 bits per heavy atom. The Hall–Kier alpha value is -1.23. The maximum atomic E-state index is 14.6. The summed E-state index contributed by atoms with van der Waals surface area (Å²) < 4.78 is 23.7. The normalized spacial score (nSPS) is 55.6. The van der Waals surface area contributed by atoms with E-state index >= 15 is 0 Å². The molecular formula is C41H66O13. The zero-order chi connectivity index (χ0) is 39.6. The molecule has 0 aromatic carbocycles. The van der Waals surface area contributed by atoms with Gasteiger partial charge in [0.1, 0.15) is 42.7 Å². The lowest BCUT2D eigenvalue weighted by Gasteiger charge is -2.72. The third-order valence-electron chi connectivity index (χ3n) is 17.2. The van der Waals surface area contributed by atoms with Gasteiger partial charge in [-0.25, -0.2) is 0 Å². The standard InChI is InChI=1S/C41H66O13/c1-20-10-15-41(35(49)54-34-31(48)29(46)28(45)23(18-42)52-34)17-16-38(5)21(32(41)40(20,7)50)8-9-25-37(4)13-12-26(36(2,3)24(37)11-14-39(25,38)6)53-33-30(47)27(44)22(43)19-51-33/h8,20,22-34,42-48,50H,9-19H2,1-7H3/t20-,22+,23+,24+,25+,26+,27-,28+,29-,30+,31-,32-,33-,34+,37-,38+,39-,40+,41-/m0/s1. The summed E-state index contributed by atoms with van der Waals surface area (Å²) in [7, 11) is 0. The number of allylic oxidation sites excluding steroid dienone is 1. The van der Waals surface area contributed by atoms with E-state index in [1.54, 1.807) is 0 Å². The van der Waals surface area contributed by atoms with E-state index in [1.807, 2.05) is 13.8 Å². The van der Waals surface area contributed by atoms with Gasteiger partial charge in [-0.15, -0.1) is 0 Å². The van der Waals surface area contributed by atoms with Crippen LogP contribution in [0.25, 0.3) is 0 Å². The summed E-state index contributed by atoms with van der Waals surface area (Å²) in [6.07, 6.45) is -4.04. The summed E-state index contributed by atoms with van der Waals surface area (Å²) in [5.41, 5.74) is -2.15. The number of fused-ring (bicyclic) bond motifs is 7. The Morgan fingerprint density at radius 1 is 0.815 bits per heavy atom. The predicted octanol–water partition coefficient (Wildman–Crippen LogP) is 1.93. The number of esters is 1. The van der Waals surface area contributed by atoms with Crippen LogP contribution in [0.4, 0.5) is 0 Å². The van der Waals surface area contributed by atoms with Gasteiger partial charge < -0.3 is 59.8 Å². The van der Waals surface area contributed by atoms with Crippen molar-refractivity contribution in [3.63, 3.8) is 0 Å². The highest BCUT2D eigenvalue weighted by atomic mass is 16.7. The van der Waals surface area contributed by atoms with Crippen LogP contribution in [0, 0.1) is 50.7 Å². The molecule has 2 heterocycles. The highest BCUT2D eigenvalue weighted by Gasteiger charge is 2.72. The Labute approximate surface area is 319 Å². The Morgan fingerprint density at radius 2 is 1.50 bits per heavy atom. The van der Waals surface area contributed by atoms with Gasteiger partial charge in [0.05, 0.1) is 30.3 Å². The smallest absolute Gasteiger partial charge is 0.315 e. The van der Waals surface area contributed by atoms with Gasteiger partial charge >= 0.3 is 5.97 Å². The molecule has 0 spiro atoms. The fourth-order valence-corrected chi connectivity index (χ4v) is 13.5. The number of ether oxygens (including phenoxy) is 4. The van der Waals surface area contributed by atoms with Crippen LogP contribution in [0.3, 0.4) is 0 Å². The van der Waals surface area contributed by atoms with Gasteiger partial charge in [0, 0.05) is 5.92 Å². The maximum Gasteiger partial charge on any atom is 0.315 e. The zero-order valence-corrected chi connectivity index (χ0v) is 33.1. The predicted molar refractivity (Wildman–Crippen MR) is 193 cm³/mol. The van der Waals surface area contributed by atoms with Crippen molar-refractivity contribution in [2.45, 2.75) is 173 Å². The van der Waals surface area contributed by atoms with Crippen molar-refractivity contribution in [1.29, 1.82) is 0 Å². The van der Waals surface area contributed by atoms with E-state index < -0.39 is 84.8 Å². The van der Waals surface area contributed by atoms with Crippen molar-refractivity contribution in [2.24, 2.45) is 50.7 Å². The van der Waals surface area contributed by atoms with E-state index in [1.165, 1.54) is 0 Å². The van der Waals surface area contributed by atoms with Gasteiger partial charge in [-0.05, 0) is 104 Å². The minimum Gasteiger partial charge on any atom is -0.432 e. The summed E-state index contributed by atoms with van der Waals surface area (Å²) in [6, 6.07) is 0. The average molecular weight is 767 g/mol. The van der Waals surface area contributed by atoms with Gasteiger partial charge in [-0.3, -0.25) is 4.79 Å². The van der Waals surface area contributed by atoms with Crippen LogP contribution in [0.1, 0.15) is 106 Å². The molecule has 13 heteroatoms. The van der Waals surface area contributed by atoms with Crippen LogP contribution in [-0.2, 0) is 23.7 Å². The molecule has 0 aromatic heterocycles. The van der Waals surface area contributed by atoms with Crippen molar-refractivity contribution >= 4 is 5.97 Å². The van der Waals surface area contributed by atoms with Crippen molar-refractivity contribution in [1.82, 2.24) is 0 Å². The topological polar surface area (TPSA) is 216 Å². The van der Waals surface area contributed by atoms with Gasteiger partial charge in [0.25, 0.3) is 0 Å². The van der Waals surface area contributed by atoms with Crippen molar-refractivity contribution in [3.05, 3.63) is 11.6 Å². The highest BCUT2D eigenvalue weighted by molar-refractivity contribution is 5.79. The lowest BCUT2D eigenvalue weighted by atomic mass is 9.33. The molecular weight excluding hydrogens is 700 g/mol. The fraction of sp³-hybridized carbons (Fsp3) is 0.927. The molecule has 8 N–H and O–H groups in total. The lowest BCUT2D eigenvalue weighted by Crippen LogP contribution is -2.68. The molecule has 5 aliphatic carbocycles. The van der Waals surface area contributed by atoms with Crippen LogP contribution < -0.4 is 0 Å². The molecule has 7 rings (SSSR count). The molecule has 7 aliphatic rings. The second-order valence-corrected chi connectivity index (χ2v) is 19.9. The molecule has 13 nitrogen and oxygen atoms in total. The number of hydrogen-bond acceptors (Lipinski definition) is 13. The van der Waals surface area contributed by atoms with E-state index in [9.17, 15) is 45.6 Å². The molecule has 0 amide bonds. The van der Waals surface area contributed by atoms with Crippen molar-refractivity contribution in [2.75, 3.05) is 13.2 Å². The van der Waals surface area contributed by atoms with Gasteiger partial charge in [0.15, 0.2) is 6.29 Å². The van der Waals surface area contributed by atoms with Crippen LogP contribution in [0.5, 0.6) is 0 Å². The first-order chi connectivity index (χ1) is 25.1. The second-order valence-electron chi connectivity index (χ2n) is 19.9. The van der Waals surface area contributed by atoms with E-state index in [2.05, 4.69) is 40.7 Å². The summed E-state index contributed by atoms with van der Waals surface area (Å²) in [6.45, 7) is 14.8. The maximum absolute atomic E-state index is 14.6. The van der Waals surface area contributed by atoms with Gasteiger partial charge in [-0.2, -0.15) is 0 Å². The minimum atomic E-state index is -1.72. The third kappa shape index (κ3) is 5.68. The summed E-state index contributed by atoms with van der Waals surface area (Å²) in [4.78, 5) is 14.6. The molecule has 4 saturated carbocycles. The van der Waals surface area contributed by atoms with E-state index in [-0.39, 0.29) is 46.2 Å². The summed E-state index contributed by atoms with van der Waals surface area (Å²) in [5, 5.41) is 84.8. The molecule has 2 aliphatic heterocycles. The van der Waals surface area contributed by atoms with Crippen LogP contribution in [0.15, 0.2) is 11.6 Å². The molecule has 19 atom stereocenters. The van der Waals surface area contributed by atoms with Crippen molar-refractivity contribution < 1.29 is 64.6 Å². The second kappa shape index (κ2) is 13.7. The SMILES string of the molecule is C[C@H]1CC[C@]2(C(=O)O[C@H]3O[C@H](CO)[C@@H](O)[C@H](O)[C@@H]3O)CC[C@]3(C)C(=CC[C@@H]4[C@@]5(C)CC[C@@H](O[C@@H]6OC[C@@H](O)[C@H](O)[C@H]6O)C(C)(C)[C@H]5CC[C@@]43C)[C@H]2[C@]1(C)O. The molecule has 0 aromatic rings. The van der Waals surface area contributed by atoms with E-state index in [0.717, 1.165) is 37.7 Å². The summed E-state index contributed by atoms with van der Waals surface area (Å²) in [5.74, 6) is -0.699. The Kier molecular flexibility index (Phi) is 10.4. The van der Waals surface area contributed by atoms with E-state index in [4.69, 9.17) is 18.9 Å². The molecule has 0 unspecified atom stereocenters. The third-order valence-corrected chi connectivity index (χ3v) is 17.2. The first-order valence-corrected chi connectivity index (χ1v) is 20.4. The van der Waals surface area contributed by atoms with Crippen LogP contribution in [0.2, 0.25) is 0 Å². The first-order valence-electron chi connectivity index (χ1n) is 20.4. The number of carbonyl (C=O) groups is 1. The summed E-state index contributed by atoms with van der Waals surface area (Å²) >= 11 is 0. The number of aliphatic hydroxyl groups is 8. The van der Waals surface area contributed by atoms with Crippen LogP contribution in [-0.4, -0.2) is 127 Å². The quantitative estimate of drug-likeness (QED) is 0.114. The largest absolute Gasteiger partial charge is 0.432 e. The Balaban J connectivity index is 1.19. The van der Waals surface area contributed by atoms with Gasteiger partial charge in [0.2, 0.25) is 6.29 Å². The van der Waals surface area contributed by atoms with Gasteiger partial charge in [-0.1, -0.05) is 53.2 Å². The Bertz CT molecular complexity index is 1470. The molecule has 308 valence electrons. The minimum absolute atomic E-state index is 0.0674.